The van der Waals surface area contributed by atoms with Crippen molar-refractivity contribution >= 4 is 11.6 Å². The first-order valence-electron chi connectivity index (χ1n) is 6.71. The molecule has 0 aliphatic heterocycles. The lowest BCUT2D eigenvalue weighted by molar-refractivity contribution is 0.628. The summed E-state index contributed by atoms with van der Waals surface area (Å²) in [5.74, 6) is 0.344. The fourth-order valence-electron chi connectivity index (χ4n) is 1.80. The van der Waals surface area contributed by atoms with Crippen molar-refractivity contribution in [2.45, 2.75) is 19.9 Å². The van der Waals surface area contributed by atoms with E-state index in [0.717, 1.165) is 30.8 Å². The first-order chi connectivity index (χ1) is 9.70. The highest BCUT2D eigenvalue weighted by molar-refractivity contribution is 5.55. The number of hydrogen-bond donors (Lipinski definition) is 1. The Kier molecular flexibility index (Phi) is 5.01. The molecule has 4 nitrogen and oxygen atoms in total. The number of hydrogen-bond acceptors (Lipinski definition) is 4. The number of aromatic nitrogens is 2. The summed E-state index contributed by atoms with van der Waals surface area (Å²) in [5.41, 5.74) is 1.90. The fraction of sp³-hybridized carbons (Fsp3) is 0.333. The third-order valence-corrected chi connectivity index (χ3v) is 2.96. The third-order valence-electron chi connectivity index (χ3n) is 2.96. The summed E-state index contributed by atoms with van der Waals surface area (Å²) in [4.78, 5) is 10.5. The maximum Gasteiger partial charge on any atom is 0.229 e. The number of anilines is 2. The van der Waals surface area contributed by atoms with Gasteiger partial charge in [-0.1, -0.05) is 6.92 Å². The summed E-state index contributed by atoms with van der Waals surface area (Å²) in [6.07, 6.45) is 4.72. The van der Waals surface area contributed by atoms with Gasteiger partial charge in [-0.2, -0.15) is 0 Å². The highest BCUT2D eigenvalue weighted by Crippen LogP contribution is 2.19. The lowest BCUT2D eigenvalue weighted by Crippen LogP contribution is -2.16. The normalized spacial score (nSPS) is 10.6. The molecule has 0 radical (unpaired) electrons. The van der Waals surface area contributed by atoms with Crippen LogP contribution in [-0.4, -0.2) is 23.6 Å². The van der Waals surface area contributed by atoms with Crippen molar-refractivity contribution in [3.63, 3.8) is 0 Å². The first kappa shape index (κ1) is 14.4. The molecule has 0 aliphatic rings. The Balaban J connectivity index is 2.03. The second kappa shape index (κ2) is 6.96. The van der Waals surface area contributed by atoms with Gasteiger partial charge in [0.1, 0.15) is 5.82 Å². The van der Waals surface area contributed by atoms with Gasteiger partial charge in [0.25, 0.3) is 0 Å². The first-order valence-corrected chi connectivity index (χ1v) is 6.71. The van der Waals surface area contributed by atoms with Gasteiger partial charge in [0.2, 0.25) is 5.95 Å². The van der Waals surface area contributed by atoms with Crippen LogP contribution in [0.2, 0.25) is 0 Å². The molecule has 106 valence electrons. The zero-order valence-corrected chi connectivity index (χ0v) is 11.8. The minimum absolute atomic E-state index is 0.250. The maximum atomic E-state index is 12.9. The number of rotatable bonds is 6. The molecule has 0 amide bonds. The van der Waals surface area contributed by atoms with E-state index in [4.69, 9.17) is 0 Å². The van der Waals surface area contributed by atoms with Crippen molar-refractivity contribution in [2.75, 3.05) is 18.5 Å². The van der Waals surface area contributed by atoms with Crippen molar-refractivity contribution in [3.8, 4) is 0 Å². The molecule has 0 saturated carbocycles. The maximum absolute atomic E-state index is 12.9. The molecule has 0 aliphatic carbocycles. The van der Waals surface area contributed by atoms with E-state index in [1.165, 1.54) is 12.1 Å². The molecule has 2 rings (SSSR count). The second-order valence-electron chi connectivity index (χ2n) is 4.60. The molecule has 0 saturated heterocycles. The van der Waals surface area contributed by atoms with Crippen molar-refractivity contribution in [2.24, 2.45) is 0 Å². The summed E-state index contributed by atoms with van der Waals surface area (Å²) in [6.45, 7) is 3.88. The Labute approximate surface area is 118 Å². The van der Waals surface area contributed by atoms with Gasteiger partial charge in [-0.05, 0) is 37.2 Å². The van der Waals surface area contributed by atoms with Crippen LogP contribution in [0.4, 0.5) is 16.0 Å². The van der Waals surface area contributed by atoms with E-state index in [9.17, 15) is 4.39 Å². The summed E-state index contributed by atoms with van der Waals surface area (Å²) in [7, 11) is 1.86. The van der Waals surface area contributed by atoms with Crippen LogP contribution in [0.15, 0.2) is 36.7 Å². The largest absolute Gasteiger partial charge is 0.314 e. The molecule has 0 unspecified atom stereocenters. The Morgan fingerprint density at radius 2 is 1.80 bits per heavy atom. The average molecular weight is 274 g/mol. The summed E-state index contributed by atoms with van der Waals surface area (Å²) in [6, 6.07) is 6.26. The van der Waals surface area contributed by atoms with Crippen LogP contribution in [0.3, 0.4) is 0 Å². The van der Waals surface area contributed by atoms with E-state index in [-0.39, 0.29) is 5.82 Å². The van der Waals surface area contributed by atoms with Crippen LogP contribution in [0.1, 0.15) is 18.9 Å². The van der Waals surface area contributed by atoms with E-state index in [2.05, 4.69) is 22.2 Å². The van der Waals surface area contributed by atoms with Crippen LogP contribution in [0.25, 0.3) is 0 Å². The van der Waals surface area contributed by atoms with E-state index >= 15 is 0 Å². The van der Waals surface area contributed by atoms with Gasteiger partial charge < -0.3 is 10.2 Å². The molecule has 0 fully saturated rings. The standard InChI is InChI=1S/C15H19FN4/c1-3-8-17-9-12-10-18-15(19-11-12)20(2)14-6-4-13(16)5-7-14/h4-7,10-11,17H,3,8-9H2,1-2H3. The molecular weight excluding hydrogens is 255 g/mol. The quantitative estimate of drug-likeness (QED) is 0.822. The molecule has 20 heavy (non-hydrogen) atoms. The molecule has 0 bridgehead atoms. The molecule has 2 aromatic rings. The van der Waals surface area contributed by atoms with Crippen molar-refractivity contribution in [1.29, 1.82) is 0 Å². The minimum Gasteiger partial charge on any atom is -0.314 e. The Hall–Kier alpha value is -2.01. The zero-order chi connectivity index (χ0) is 14.4. The topological polar surface area (TPSA) is 41.1 Å². The van der Waals surface area contributed by atoms with E-state index in [1.54, 1.807) is 12.1 Å². The van der Waals surface area contributed by atoms with Gasteiger partial charge in [0, 0.05) is 37.2 Å². The molecule has 5 heteroatoms. The molecule has 1 heterocycles. The van der Waals surface area contributed by atoms with Gasteiger partial charge in [-0.3, -0.25) is 0 Å². The molecule has 1 N–H and O–H groups in total. The van der Waals surface area contributed by atoms with Crippen LogP contribution >= 0.6 is 0 Å². The van der Waals surface area contributed by atoms with E-state index in [0.29, 0.717) is 5.95 Å². The predicted octanol–water partition coefficient (Wildman–Crippen LogP) is 2.88. The molecule has 0 spiro atoms. The lowest BCUT2D eigenvalue weighted by Gasteiger charge is -2.17. The fourth-order valence-corrected chi connectivity index (χ4v) is 1.80. The summed E-state index contributed by atoms with van der Waals surface area (Å²) < 4.78 is 12.9. The molecule has 1 aromatic carbocycles. The van der Waals surface area contributed by atoms with Crippen LogP contribution in [0, 0.1) is 5.82 Å². The number of nitrogens with one attached hydrogen (secondary N) is 1. The third kappa shape index (κ3) is 3.74. The van der Waals surface area contributed by atoms with Gasteiger partial charge in [-0.25, -0.2) is 14.4 Å². The predicted molar refractivity (Wildman–Crippen MR) is 78.5 cm³/mol. The van der Waals surface area contributed by atoms with E-state index in [1.807, 2.05) is 24.3 Å². The Morgan fingerprint density at radius 3 is 2.40 bits per heavy atom. The number of nitrogens with zero attached hydrogens (tertiary/aromatic N) is 3. The van der Waals surface area contributed by atoms with Crippen molar-refractivity contribution in [3.05, 3.63) is 48.0 Å². The molecule has 1 aromatic heterocycles. The van der Waals surface area contributed by atoms with Crippen molar-refractivity contribution < 1.29 is 4.39 Å². The van der Waals surface area contributed by atoms with Gasteiger partial charge in [0.15, 0.2) is 0 Å². The highest BCUT2D eigenvalue weighted by atomic mass is 19.1. The van der Waals surface area contributed by atoms with Crippen LogP contribution in [-0.2, 0) is 6.54 Å². The number of halogens is 1. The van der Waals surface area contributed by atoms with Crippen LogP contribution in [0.5, 0.6) is 0 Å². The van der Waals surface area contributed by atoms with Gasteiger partial charge in [0.05, 0.1) is 0 Å². The highest BCUT2D eigenvalue weighted by Gasteiger charge is 2.06. The van der Waals surface area contributed by atoms with E-state index < -0.39 is 0 Å². The lowest BCUT2D eigenvalue weighted by atomic mass is 10.3. The average Bonchev–Trinajstić information content (AvgIpc) is 2.48. The van der Waals surface area contributed by atoms with Crippen LogP contribution < -0.4 is 10.2 Å². The second-order valence-corrected chi connectivity index (χ2v) is 4.60. The Bertz CT molecular complexity index is 525. The monoisotopic (exact) mass is 274 g/mol. The summed E-state index contributed by atoms with van der Waals surface area (Å²) in [5, 5.41) is 3.30. The molecular formula is C15H19FN4. The van der Waals surface area contributed by atoms with Gasteiger partial charge >= 0.3 is 0 Å². The molecule has 0 atom stereocenters. The summed E-state index contributed by atoms with van der Waals surface area (Å²) >= 11 is 0. The SMILES string of the molecule is CCCNCc1cnc(N(C)c2ccc(F)cc2)nc1. The van der Waals surface area contributed by atoms with Crippen molar-refractivity contribution in [1.82, 2.24) is 15.3 Å². The zero-order valence-electron chi connectivity index (χ0n) is 11.8. The van der Waals surface area contributed by atoms with Gasteiger partial charge in [-0.15, -0.1) is 0 Å². The minimum atomic E-state index is -0.250. The smallest absolute Gasteiger partial charge is 0.229 e. The number of benzene rings is 1. The Morgan fingerprint density at radius 1 is 1.15 bits per heavy atom.